The standard InChI is InChI=1S/C17H18Cl2N6O4S2/c1-8-17(30-7-11(20)15-22-9(2)24-29-15)23-16(28-3)14(21-8)25-31(26,27)12-6-4-5-10(18)13(12)19/h4-6,11H,7,20H2,1-3H3,(H,21,25)/t11-/m1/s1. The number of nitrogens with one attached hydrogen (secondary N) is 1. The van der Waals surface area contributed by atoms with Crippen LogP contribution in [0.1, 0.15) is 23.5 Å². The number of aromatic nitrogens is 4. The fourth-order valence-electron chi connectivity index (χ4n) is 2.41. The van der Waals surface area contributed by atoms with E-state index >= 15 is 0 Å². The number of aryl methyl sites for hydroxylation is 2. The van der Waals surface area contributed by atoms with E-state index in [0.29, 0.717) is 28.2 Å². The third-order valence-corrected chi connectivity index (χ3v) is 7.38. The van der Waals surface area contributed by atoms with Gasteiger partial charge in [-0.15, -0.1) is 11.8 Å². The van der Waals surface area contributed by atoms with Crippen LogP contribution in [0.2, 0.25) is 10.0 Å². The van der Waals surface area contributed by atoms with E-state index in [4.69, 9.17) is 38.2 Å². The van der Waals surface area contributed by atoms with Gasteiger partial charge in [-0.1, -0.05) is 34.4 Å². The van der Waals surface area contributed by atoms with Crippen molar-refractivity contribution in [2.24, 2.45) is 5.73 Å². The van der Waals surface area contributed by atoms with Crippen molar-refractivity contribution in [3.63, 3.8) is 0 Å². The van der Waals surface area contributed by atoms with Crippen LogP contribution in [0.3, 0.4) is 0 Å². The Morgan fingerprint density at radius 2 is 2.00 bits per heavy atom. The van der Waals surface area contributed by atoms with Gasteiger partial charge in [0.25, 0.3) is 15.9 Å². The van der Waals surface area contributed by atoms with E-state index in [1.807, 2.05) is 0 Å². The molecule has 0 unspecified atom stereocenters. The molecule has 0 amide bonds. The number of anilines is 1. The largest absolute Gasteiger partial charge is 0.478 e. The highest BCUT2D eigenvalue weighted by Gasteiger charge is 2.24. The number of sulfonamides is 1. The van der Waals surface area contributed by atoms with Gasteiger partial charge in [-0.05, 0) is 26.0 Å². The third kappa shape index (κ3) is 5.39. The molecule has 0 bridgehead atoms. The fourth-order valence-corrected chi connectivity index (χ4v) is 5.06. The van der Waals surface area contributed by atoms with E-state index in [0.717, 1.165) is 0 Å². The third-order valence-electron chi connectivity index (χ3n) is 3.88. The molecule has 10 nitrogen and oxygen atoms in total. The Hall–Kier alpha value is -2.12. The van der Waals surface area contributed by atoms with Crippen LogP contribution in [0, 0.1) is 13.8 Å². The first kappa shape index (κ1) is 23.5. The maximum Gasteiger partial charge on any atom is 0.264 e. The van der Waals surface area contributed by atoms with Crippen LogP contribution in [0.25, 0.3) is 0 Å². The molecule has 166 valence electrons. The lowest BCUT2D eigenvalue weighted by Crippen LogP contribution is -2.17. The molecule has 3 N–H and O–H groups in total. The first-order chi connectivity index (χ1) is 14.6. The van der Waals surface area contributed by atoms with E-state index in [2.05, 4.69) is 24.8 Å². The number of hydrogen-bond acceptors (Lipinski definition) is 10. The highest BCUT2D eigenvalue weighted by Crippen LogP contribution is 2.33. The molecule has 1 aromatic carbocycles. The first-order valence-electron chi connectivity index (χ1n) is 8.70. The van der Waals surface area contributed by atoms with Crippen molar-refractivity contribution in [2.75, 3.05) is 17.6 Å². The second-order valence-corrected chi connectivity index (χ2v) is 9.67. The summed E-state index contributed by atoms with van der Waals surface area (Å²) in [4.78, 5) is 12.6. The lowest BCUT2D eigenvalue weighted by molar-refractivity contribution is 0.360. The minimum Gasteiger partial charge on any atom is -0.478 e. The Morgan fingerprint density at radius 1 is 1.26 bits per heavy atom. The van der Waals surface area contributed by atoms with E-state index in [1.165, 1.54) is 37.1 Å². The van der Waals surface area contributed by atoms with E-state index in [-0.39, 0.29) is 26.6 Å². The van der Waals surface area contributed by atoms with Gasteiger partial charge in [0, 0.05) is 5.75 Å². The molecule has 31 heavy (non-hydrogen) atoms. The summed E-state index contributed by atoms with van der Waals surface area (Å²) >= 11 is 13.3. The van der Waals surface area contributed by atoms with Crippen LogP contribution < -0.4 is 15.2 Å². The molecule has 0 aliphatic carbocycles. The zero-order chi connectivity index (χ0) is 22.8. The quantitative estimate of drug-likeness (QED) is 0.437. The molecule has 3 aromatic rings. The average molecular weight is 505 g/mol. The molecule has 0 aliphatic rings. The van der Waals surface area contributed by atoms with Gasteiger partial charge in [-0.25, -0.2) is 18.4 Å². The van der Waals surface area contributed by atoms with Crippen molar-refractivity contribution in [3.8, 4) is 5.88 Å². The van der Waals surface area contributed by atoms with Gasteiger partial charge < -0.3 is 15.0 Å². The summed E-state index contributed by atoms with van der Waals surface area (Å²) < 4.78 is 38.2. The van der Waals surface area contributed by atoms with E-state index in [1.54, 1.807) is 13.8 Å². The Morgan fingerprint density at radius 3 is 2.65 bits per heavy atom. The van der Waals surface area contributed by atoms with Crippen LogP contribution in [-0.4, -0.2) is 41.4 Å². The van der Waals surface area contributed by atoms with Crippen LogP contribution in [0.4, 0.5) is 5.82 Å². The summed E-state index contributed by atoms with van der Waals surface area (Å²) in [7, 11) is -2.74. The first-order valence-corrected chi connectivity index (χ1v) is 11.9. The Labute approximate surface area is 192 Å². The molecule has 3 rings (SSSR count). The molecule has 0 radical (unpaired) electrons. The monoisotopic (exact) mass is 504 g/mol. The summed E-state index contributed by atoms with van der Waals surface area (Å²) in [5.41, 5.74) is 6.54. The molecular weight excluding hydrogens is 487 g/mol. The SMILES string of the molecule is COc1nc(SC[C@@H](N)c2nc(C)no2)c(C)nc1NS(=O)(=O)c1cccc(Cl)c1Cl. The number of halogens is 2. The molecule has 14 heteroatoms. The van der Waals surface area contributed by atoms with Crippen molar-refractivity contribution >= 4 is 50.8 Å². The van der Waals surface area contributed by atoms with Gasteiger partial charge in [0.05, 0.1) is 28.9 Å². The Bertz CT molecular complexity index is 1210. The second kappa shape index (κ2) is 9.57. The van der Waals surface area contributed by atoms with Gasteiger partial charge in [-0.3, -0.25) is 4.72 Å². The molecule has 2 heterocycles. The van der Waals surface area contributed by atoms with E-state index < -0.39 is 16.1 Å². The van der Waals surface area contributed by atoms with E-state index in [9.17, 15) is 8.42 Å². The normalized spacial score (nSPS) is 12.6. The van der Waals surface area contributed by atoms with Crippen molar-refractivity contribution in [1.82, 2.24) is 20.1 Å². The molecule has 2 aromatic heterocycles. The lowest BCUT2D eigenvalue weighted by Gasteiger charge is -2.14. The predicted octanol–water partition coefficient (Wildman–Crippen LogP) is 3.38. The van der Waals surface area contributed by atoms with Crippen molar-refractivity contribution in [3.05, 3.63) is 45.7 Å². The van der Waals surface area contributed by atoms with Gasteiger partial charge in [0.15, 0.2) is 5.82 Å². The Kier molecular flexibility index (Phi) is 7.27. The number of thioether (sulfide) groups is 1. The topological polar surface area (TPSA) is 146 Å². The van der Waals surface area contributed by atoms with Crippen LogP contribution in [0.5, 0.6) is 5.88 Å². The van der Waals surface area contributed by atoms with Crippen molar-refractivity contribution in [2.45, 2.75) is 29.8 Å². The summed E-state index contributed by atoms with van der Waals surface area (Å²) in [5, 5.41) is 4.23. The number of nitrogens with zero attached hydrogens (tertiary/aromatic N) is 4. The molecule has 0 saturated carbocycles. The number of nitrogens with two attached hydrogens (primary N) is 1. The zero-order valence-corrected chi connectivity index (χ0v) is 19.7. The van der Waals surface area contributed by atoms with Gasteiger partial charge in [-0.2, -0.15) is 4.98 Å². The highest BCUT2D eigenvalue weighted by atomic mass is 35.5. The van der Waals surface area contributed by atoms with Crippen LogP contribution in [0.15, 0.2) is 32.6 Å². The van der Waals surface area contributed by atoms with Gasteiger partial charge >= 0.3 is 0 Å². The number of rotatable bonds is 8. The summed E-state index contributed by atoms with van der Waals surface area (Å²) in [6.45, 7) is 3.38. The lowest BCUT2D eigenvalue weighted by atomic mass is 10.4. The fraction of sp³-hybridized carbons (Fsp3) is 0.294. The van der Waals surface area contributed by atoms with Crippen LogP contribution in [-0.2, 0) is 10.0 Å². The summed E-state index contributed by atoms with van der Waals surface area (Å²) in [5.74, 6) is 1.08. The number of methoxy groups -OCH3 is 1. The minimum absolute atomic E-state index is 0.0166. The smallest absolute Gasteiger partial charge is 0.264 e. The molecule has 0 aliphatic heterocycles. The van der Waals surface area contributed by atoms with Crippen LogP contribution >= 0.6 is 35.0 Å². The molecule has 0 spiro atoms. The van der Waals surface area contributed by atoms with Gasteiger partial charge in [0.1, 0.15) is 9.92 Å². The number of hydrogen-bond donors (Lipinski definition) is 2. The Balaban J connectivity index is 1.83. The summed E-state index contributed by atoms with van der Waals surface area (Å²) in [6.07, 6.45) is 0. The molecule has 1 atom stereocenters. The molecule has 0 fully saturated rings. The van der Waals surface area contributed by atoms with Gasteiger partial charge in [0.2, 0.25) is 11.7 Å². The minimum atomic E-state index is -4.09. The molecular formula is C17H18Cl2N6O4S2. The maximum atomic E-state index is 12.8. The molecule has 0 saturated heterocycles. The average Bonchev–Trinajstić information content (AvgIpc) is 3.15. The van der Waals surface area contributed by atoms with Crippen molar-refractivity contribution in [1.29, 1.82) is 0 Å². The second-order valence-electron chi connectivity index (χ2n) is 6.23. The van der Waals surface area contributed by atoms with Crippen molar-refractivity contribution < 1.29 is 17.7 Å². The highest BCUT2D eigenvalue weighted by molar-refractivity contribution is 7.99. The zero-order valence-electron chi connectivity index (χ0n) is 16.6. The summed E-state index contributed by atoms with van der Waals surface area (Å²) in [6, 6.07) is 3.78. The number of ether oxygens (including phenoxy) is 1. The number of benzene rings is 1. The maximum absolute atomic E-state index is 12.8. The predicted molar refractivity (Wildman–Crippen MR) is 117 cm³/mol.